The lowest BCUT2D eigenvalue weighted by molar-refractivity contribution is 0.282. The van der Waals surface area contributed by atoms with Crippen LogP contribution in [-0.2, 0) is 16.6 Å². The molecule has 5 heteroatoms. The summed E-state index contributed by atoms with van der Waals surface area (Å²) in [4.78, 5) is 0.170. The van der Waals surface area contributed by atoms with Crippen LogP contribution in [0.2, 0.25) is 0 Å². The summed E-state index contributed by atoms with van der Waals surface area (Å²) in [6, 6.07) is 14.8. The molecule has 0 saturated heterocycles. The molecule has 18 heavy (non-hydrogen) atoms. The Hall–Kier alpha value is -1.85. The van der Waals surface area contributed by atoms with Crippen molar-refractivity contribution < 1.29 is 13.5 Å². The van der Waals surface area contributed by atoms with Crippen LogP contribution >= 0.6 is 0 Å². The van der Waals surface area contributed by atoms with Crippen LogP contribution in [0.3, 0.4) is 0 Å². The zero-order valence-corrected chi connectivity index (χ0v) is 10.4. The van der Waals surface area contributed by atoms with Gasteiger partial charge in [-0.25, -0.2) is 8.42 Å². The molecule has 0 aliphatic carbocycles. The fourth-order valence-electron chi connectivity index (χ4n) is 1.49. The Morgan fingerprint density at radius 1 is 0.944 bits per heavy atom. The monoisotopic (exact) mass is 263 g/mol. The van der Waals surface area contributed by atoms with Crippen molar-refractivity contribution in [1.82, 2.24) is 0 Å². The van der Waals surface area contributed by atoms with Crippen molar-refractivity contribution in [1.29, 1.82) is 0 Å². The average molecular weight is 263 g/mol. The second-order valence-electron chi connectivity index (χ2n) is 3.77. The van der Waals surface area contributed by atoms with Crippen LogP contribution in [0.5, 0.6) is 0 Å². The first-order valence-electron chi connectivity index (χ1n) is 5.39. The van der Waals surface area contributed by atoms with Crippen LogP contribution in [0.15, 0.2) is 59.5 Å². The fraction of sp³-hybridized carbons (Fsp3) is 0.0769. The van der Waals surface area contributed by atoms with E-state index in [1.807, 2.05) is 6.07 Å². The lowest BCUT2D eigenvalue weighted by Crippen LogP contribution is -2.12. The smallest absolute Gasteiger partial charge is 0.261 e. The minimum absolute atomic E-state index is 0.105. The van der Waals surface area contributed by atoms with Crippen molar-refractivity contribution >= 4 is 15.7 Å². The zero-order valence-electron chi connectivity index (χ0n) is 9.58. The number of nitrogens with one attached hydrogen (secondary N) is 1. The second kappa shape index (κ2) is 5.20. The summed E-state index contributed by atoms with van der Waals surface area (Å²) in [6.07, 6.45) is 0. The Bertz CT molecular complexity index is 606. The quantitative estimate of drug-likeness (QED) is 0.886. The lowest BCUT2D eigenvalue weighted by Gasteiger charge is -2.08. The molecule has 0 spiro atoms. The van der Waals surface area contributed by atoms with E-state index >= 15 is 0 Å². The number of hydrogen-bond acceptors (Lipinski definition) is 3. The molecule has 2 aromatic rings. The maximum absolute atomic E-state index is 12.0. The molecule has 4 nitrogen and oxygen atoms in total. The van der Waals surface area contributed by atoms with Crippen molar-refractivity contribution in [2.75, 3.05) is 4.72 Å². The third-order valence-electron chi connectivity index (χ3n) is 2.44. The summed E-state index contributed by atoms with van der Waals surface area (Å²) in [5.74, 6) is 0. The van der Waals surface area contributed by atoms with E-state index in [0.29, 0.717) is 11.3 Å². The van der Waals surface area contributed by atoms with Gasteiger partial charge < -0.3 is 5.11 Å². The Kier molecular flexibility index (Phi) is 3.64. The van der Waals surface area contributed by atoms with E-state index in [1.54, 1.807) is 36.4 Å². The first-order valence-corrected chi connectivity index (χ1v) is 6.88. The number of para-hydroxylation sites is 1. The Morgan fingerprint density at radius 2 is 1.56 bits per heavy atom. The summed E-state index contributed by atoms with van der Waals surface area (Å²) < 4.78 is 26.5. The average Bonchev–Trinajstić information content (AvgIpc) is 2.39. The third-order valence-corrected chi connectivity index (χ3v) is 3.84. The summed E-state index contributed by atoms with van der Waals surface area (Å²) in [7, 11) is -3.57. The van der Waals surface area contributed by atoms with Gasteiger partial charge in [-0.2, -0.15) is 0 Å². The van der Waals surface area contributed by atoms with E-state index in [0.717, 1.165) is 0 Å². The van der Waals surface area contributed by atoms with Crippen molar-refractivity contribution in [3.05, 3.63) is 60.2 Å². The number of aliphatic hydroxyl groups excluding tert-OH is 1. The predicted molar refractivity (Wildman–Crippen MR) is 69.6 cm³/mol. The van der Waals surface area contributed by atoms with Gasteiger partial charge in [0.2, 0.25) is 0 Å². The van der Waals surface area contributed by atoms with Crippen molar-refractivity contribution in [3.8, 4) is 0 Å². The van der Waals surface area contributed by atoms with Gasteiger partial charge in [-0.15, -0.1) is 0 Å². The molecule has 0 unspecified atom stereocenters. The molecule has 0 aliphatic heterocycles. The highest BCUT2D eigenvalue weighted by Crippen LogP contribution is 2.16. The molecular formula is C13H13NO3S. The first-order chi connectivity index (χ1) is 8.62. The molecule has 0 bridgehead atoms. The second-order valence-corrected chi connectivity index (χ2v) is 5.46. The van der Waals surface area contributed by atoms with Gasteiger partial charge in [-0.05, 0) is 29.8 Å². The Balaban J connectivity index is 2.25. The van der Waals surface area contributed by atoms with E-state index in [-0.39, 0.29) is 11.5 Å². The summed E-state index contributed by atoms with van der Waals surface area (Å²) in [5.41, 5.74) is 1.19. The number of benzene rings is 2. The standard InChI is InChI=1S/C13H13NO3S/c15-10-11-6-8-13(9-7-11)18(16,17)14-12-4-2-1-3-5-12/h1-9,14-15H,10H2. The third kappa shape index (κ3) is 2.88. The minimum Gasteiger partial charge on any atom is -0.392 e. The topological polar surface area (TPSA) is 66.4 Å². The number of rotatable bonds is 4. The van der Waals surface area contributed by atoms with E-state index in [9.17, 15) is 8.42 Å². The predicted octanol–water partition coefficient (Wildman–Crippen LogP) is 1.98. The summed E-state index contributed by atoms with van der Waals surface area (Å²) >= 11 is 0. The Morgan fingerprint density at radius 3 is 2.11 bits per heavy atom. The number of aliphatic hydroxyl groups is 1. The molecule has 0 heterocycles. The SMILES string of the molecule is O=S(=O)(Nc1ccccc1)c1ccc(CO)cc1. The van der Waals surface area contributed by atoms with Gasteiger partial charge in [-0.3, -0.25) is 4.72 Å². The maximum Gasteiger partial charge on any atom is 0.261 e. The van der Waals surface area contributed by atoms with E-state index < -0.39 is 10.0 Å². The van der Waals surface area contributed by atoms with E-state index in [2.05, 4.69) is 4.72 Å². The van der Waals surface area contributed by atoms with E-state index in [1.165, 1.54) is 12.1 Å². The van der Waals surface area contributed by atoms with Crippen LogP contribution in [0.1, 0.15) is 5.56 Å². The maximum atomic E-state index is 12.0. The van der Waals surface area contributed by atoms with Crippen LogP contribution in [0.4, 0.5) is 5.69 Å². The minimum atomic E-state index is -3.57. The molecule has 0 atom stereocenters. The molecule has 2 aromatic carbocycles. The molecule has 0 radical (unpaired) electrons. The normalized spacial score (nSPS) is 11.2. The van der Waals surface area contributed by atoms with Gasteiger partial charge in [0.25, 0.3) is 10.0 Å². The van der Waals surface area contributed by atoms with Gasteiger partial charge in [0.15, 0.2) is 0 Å². The van der Waals surface area contributed by atoms with Crippen molar-refractivity contribution in [2.45, 2.75) is 11.5 Å². The van der Waals surface area contributed by atoms with Crippen LogP contribution in [-0.4, -0.2) is 13.5 Å². The fourth-order valence-corrected chi connectivity index (χ4v) is 2.55. The summed E-state index contributed by atoms with van der Waals surface area (Å²) in [6.45, 7) is -0.105. The van der Waals surface area contributed by atoms with Crippen LogP contribution in [0.25, 0.3) is 0 Å². The molecule has 0 fully saturated rings. The number of hydrogen-bond donors (Lipinski definition) is 2. The highest BCUT2D eigenvalue weighted by Gasteiger charge is 2.13. The van der Waals surface area contributed by atoms with E-state index in [4.69, 9.17) is 5.11 Å². The van der Waals surface area contributed by atoms with Crippen LogP contribution in [0, 0.1) is 0 Å². The highest BCUT2D eigenvalue weighted by atomic mass is 32.2. The molecule has 94 valence electrons. The van der Waals surface area contributed by atoms with Crippen LogP contribution < -0.4 is 4.72 Å². The van der Waals surface area contributed by atoms with Gasteiger partial charge in [0.1, 0.15) is 0 Å². The number of anilines is 1. The molecule has 0 aromatic heterocycles. The molecular weight excluding hydrogens is 250 g/mol. The van der Waals surface area contributed by atoms with Gasteiger partial charge in [-0.1, -0.05) is 30.3 Å². The summed E-state index contributed by atoms with van der Waals surface area (Å²) in [5, 5.41) is 8.90. The molecule has 0 aliphatic rings. The van der Waals surface area contributed by atoms with Gasteiger partial charge in [0.05, 0.1) is 11.5 Å². The lowest BCUT2D eigenvalue weighted by atomic mass is 10.2. The zero-order chi connectivity index (χ0) is 13.0. The molecule has 2 rings (SSSR count). The van der Waals surface area contributed by atoms with Gasteiger partial charge >= 0.3 is 0 Å². The first kappa shape index (κ1) is 12.6. The molecule has 0 saturated carbocycles. The highest BCUT2D eigenvalue weighted by molar-refractivity contribution is 7.92. The molecule has 0 amide bonds. The van der Waals surface area contributed by atoms with Gasteiger partial charge in [0, 0.05) is 5.69 Å². The largest absolute Gasteiger partial charge is 0.392 e. The molecule has 2 N–H and O–H groups in total. The Labute approximate surface area is 106 Å². The van der Waals surface area contributed by atoms with Crippen molar-refractivity contribution in [2.24, 2.45) is 0 Å². The van der Waals surface area contributed by atoms with Crippen molar-refractivity contribution in [3.63, 3.8) is 0 Å². The number of sulfonamides is 1.